The normalized spacial score (nSPS) is 10.9. The molecule has 0 saturated heterocycles. The summed E-state index contributed by atoms with van der Waals surface area (Å²) < 4.78 is 6.52. The number of nitrogens with zero attached hydrogens (tertiary/aromatic N) is 2. The molecule has 7 nitrogen and oxygen atoms in total. The molecule has 2 aromatic heterocycles. The minimum absolute atomic E-state index is 0.251. The lowest BCUT2D eigenvalue weighted by molar-refractivity contribution is -0.114. The maximum atomic E-state index is 12.3. The summed E-state index contributed by atoms with van der Waals surface area (Å²) in [6.45, 7) is 2.01. The lowest BCUT2D eigenvalue weighted by Crippen LogP contribution is -2.13. The summed E-state index contributed by atoms with van der Waals surface area (Å²) in [5.74, 6) is -0.814. The van der Waals surface area contributed by atoms with Gasteiger partial charge in [-0.15, -0.1) is 0 Å². The molecule has 2 aromatic carbocycles. The molecular formula is C23H22N4O3. The van der Waals surface area contributed by atoms with Crippen molar-refractivity contribution in [3.05, 3.63) is 66.0 Å². The van der Waals surface area contributed by atoms with Crippen molar-refractivity contribution >= 4 is 45.1 Å². The Kier molecular flexibility index (Phi) is 5.10. The van der Waals surface area contributed by atoms with Crippen molar-refractivity contribution in [2.24, 2.45) is 7.05 Å². The van der Waals surface area contributed by atoms with Gasteiger partial charge in [0.25, 0.3) is 0 Å². The quantitative estimate of drug-likeness (QED) is 0.491. The van der Waals surface area contributed by atoms with E-state index in [-0.39, 0.29) is 11.6 Å². The van der Waals surface area contributed by atoms with Gasteiger partial charge in [-0.1, -0.05) is 42.5 Å². The molecule has 1 amide bonds. The minimum Gasteiger partial charge on any atom is -0.464 e. The number of carbonyl (C=O) groups is 2. The molecule has 0 spiro atoms. The van der Waals surface area contributed by atoms with Gasteiger partial charge in [-0.25, -0.2) is 9.78 Å². The number of methoxy groups -OCH3 is 1. The molecule has 0 aliphatic heterocycles. The second-order valence-electron chi connectivity index (χ2n) is 7.04. The first kappa shape index (κ1) is 19.4. The van der Waals surface area contributed by atoms with E-state index in [0.29, 0.717) is 23.3 Å². The van der Waals surface area contributed by atoms with Crippen LogP contribution in [0.25, 0.3) is 21.8 Å². The predicted molar refractivity (Wildman–Crippen MR) is 118 cm³/mol. The standard InChI is InChI=1S/C23H22N4O3/c1-14(28)26-20-19-11-17(13-25-22(19)27(2)21(20)23(29)30-3)24-12-16-9-6-8-15-7-4-5-10-18(15)16/h4-11,13,24H,12H2,1-3H3,(H,26,28). The van der Waals surface area contributed by atoms with Crippen LogP contribution in [0.15, 0.2) is 54.7 Å². The molecule has 0 atom stereocenters. The number of anilines is 2. The summed E-state index contributed by atoms with van der Waals surface area (Å²) in [6, 6.07) is 16.3. The maximum absolute atomic E-state index is 12.3. The average Bonchev–Trinajstić information content (AvgIpc) is 3.02. The Balaban J connectivity index is 1.72. The Labute approximate surface area is 173 Å². The molecule has 152 valence electrons. The number of hydrogen-bond donors (Lipinski definition) is 2. The zero-order valence-electron chi connectivity index (χ0n) is 17.0. The minimum atomic E-state index is -0.537. The van der Waals surface area contributed by atoms with Gasteiger partial charge < -0.3 is 19.9 Å². The van der Waals surface area contributed by atoms with Gasteiger partial charge in [0.05, 0.1) is 24.7 Å². The first-order valence-electron chi connectivity index (χ1n) is 9.54. The fourth-order valence-corrected chi connectivity index (χ4v) is 3.69. The van der Waals surface area contributed by atoms with Crippen LogP contribution in [0.5, 0.6) is 0 Å². The van der Waals surface area contributed by atoms with E-state index in [1.54, 1.807) is 17.8 Å². The van der Waals surface area contributed by atoms with Crippen LogP contribution in [0.1, 0.15) is 23.0 Å². The number of amides is 1. The maximum Gasteiger partial charge on any atom is 0.356 e. The summed E-state index contributed by atoms with van der Waals surface area (Å²) in [7, 11) is 3.03. The van der Waals surface area contributed by atoms with Crippen molar-refractivity contribution in [1.82, 2.24) is 9.55 Å². The topological polar surface area (TPSA) is 85.2 Å². The van der Waals surface area contributed by atoms with Gasteiger partial charge in [-0.05, 0) is 22.4 Å². The Morgan fingerprint density at radius 2 is 1.87 bits per heavy atom. The number of esters is 1. The highest BCUT2D eigenvalue weighted by Crippen LogP contribution is 2.32. The van der Waals surface area contributed by atoms with Crippen LogP contribution >= 0.6 is 0 Å². The lowest BCUT2D eigenvalue weighted by Gasteiger charge is -2.10. The van der Waals surface area contributed by atoms with Gasteiger partial charge in [-0.2, -0.15) is 0 Å². The van der Waals surface area contributed by atoms with Crippen molar-refractivity contribution in [3.8, 4) is 0 Å². The van der Waals surface area contributed by atoms with Crippen molar-refractivity contribution < 1.29 is 14.3 Å². The highest BCUT2D eigenvalue weighted by atomic mass is 16.5. The number of ether oxygens (including phenoxy) is 1. The highest BCUT2D eigenvalue weighted by Gasteiger charge is 2.23. The zero-order valence-corrected chi connectivity index (χ0v) is 17.0. The van der Waals surface area contributed by atoms with Crippen LogP contribution in [-0.4, -0.2) is 28.5 Å². The Hall–Kier alpha value is -3.87. The number of aryl methyl sites for hydroxylation is 1. The molecule has 7 heteroatoms. The predicted octanol–water partition coefficient (Wildman–Crippen LogP) is 4.08. The second kappa shape index (κ2) is 7.87. The highest BCUT2D eigenvalue weighted by molar-refractivity contribution is 6.10. The SMILES string of the molecule is COC(=O)c1c(NC(C)=O)c2cc(NCc3cccc4ccccc34)cnc2n1C. The molecular weight excluding hydrogens is 380 g/mol. The van der Waals surface area contributed by atoms with Crippen LogP contribution in [0.3, 0.4) is 0 Å². The lowest BCUT2D eigenvalue weighted by atomic mass is 10.0. The van der Waals surface area contributed by atoms with Crippen LogP contribution in [0, 0.1) is 0 Å². The van der Waals surface area contributed by atoms with Crippen LogP contribution in [0.2, 0.25) is 0 Å². The Bertz CT molecular complexity index is 1270. The molecule has 4 aromatic rings. The molecule has 0 bridgehead atoms. The fraction of sp³-hybridized carbons (Fsp3) is 0.174. The number of carbonyl (C=O) groups excluding carboxylic acids is 2. The van der Waals surface area contributed by atoms with Crippen molar-refractivity contribution in [3.63, 3.8) is 0 Å². The smallest absolute Gasteiger partial charge is 0.356 e. The van der Waals surface area contributed by atoms with E-state index in [0.717, 1.165) is 5.69 Å². The number of hydrogen-bond acceptors (Lipinski definition) is 5. The van der Waals surface area contributed by atoms with Gasteiger partial charge in [0.2, 0.25) is 5.91 Å². The second-order valence-corrected chi connectivity index (χ2v) is 7.04. The third-order valence-electron chi connectivity index (χ3n) is 5.07. The van der Waals surface area contributed by atoms with Crippen LogP contribution < -0.4 is 10.6 Å². The number of nitrogens with one attached hydrogen (secondary N) is 2. The van der Waals surface area contributed by atoms with E-state index in [9.17, 15) is 9.59 Å². The molecule has 30 heavy (non-hydrogen) atoms. The monoisotopic (exact) mass is 402 g/mol. The van der Waals surface area contributed by atoms with Gasteiger partial charge >= 0.3 is 5.97 Å². The zero-order chi connectivity index (χ0) is 21.3. The largest absolute Gasteiger partial charge is 0.464 e. The first-order valence-corrected chi connectivity index (χ1v) is 9.54. The number of aromatic nitrogens is 2. The van der Waals surface area contributed by atoms with E-state index in [1.165, 1.54) is 30.4 Å². The van der Waals surface area contributed by atoms with Crippen molar-refractivity contribution in [2.75, 3.05) is 17.7 Å². The third kappa shape index (κ3) is 3.45. The first-order chi connectivity index (χ1) is 14.5. The third-order valence-corrected chi connectivity index (χ3v) is 5.07. The summed E-state index contributed by atoms with van der Waals surface area (Å²) >= 11 is 0. The number of fused-ring (bicyclic) bond motifs is 2. The molecule has 2 heterocycles. The van der Waals surface area contributed by atoms with Gasteiger partial charge in [0.1, 0.15) is 5.65 Å². The molecule has 0 radical (unpaired) electrons. The molecule has 4 rings (SSSR count). The molecule has 0 saturated carbocycles. The summed E-state index contributed by atoms with van der Waals surface area (Å²) in [4.78, 5) is 28.5. The van der Waals surface area contributed by atoms with Gasteiger partial charge in [0, 0.05) is 25.9 Å². The van der Waals surface area contributed by atoms with Crippen LogP contribution in [-0.2, 0) is 23.1 Å². The van der Waals surface area contributed by atoms with E-state index >= 15 is 0 Å². The summed E-state index contributed by atoms with van der Waals surface area (Å²) in [5.41, 5.74) is 3.17. The Morgan fingerprint density at radius 1 is 1.10 bits per heavy atom. The van der Waals surface area contributed by atoms with Crippen LogP contribution in [0.4, 0.5) is 11.4 Å². The van der Waals surface area contributed by atoms with Crippen molar-refractivity contribution in [2.45, 2.75) is 13.5 Å². The summed E-state index contributed by atoms with van der Waals surface area (Å²) in [6.07, 6.45) is 1.71. The molecule has 2 N–H and O–H groups in total. The van der Waals surface area contributed by atoms with Gasteiger partial charge in [-0.3, -0.25) is 4.79 Å². The van der Waals surface area contributed by atoms with Gasteiger partial charge in [0.15, 0.2) is 5.69 Å². The molecule has 0 unspecified atom stereocenters. The molecule has 0 aliphatic carbocycles. The number of pyridine rings is 1. The number of benzene rings is 2. The van der Waals surface area contributed by atoms with Crippen molar-refractivity contribution in [1.29, 1.82) is 0 Å². The molecule has 0 aliphatic rings. The average molecular weight is 402 g/mol. The van der Waals surface area contributed by atoms with E-state index in [1.807, 2.05) is 24.3 Å². The van der Waals surface area contributed by atoms with E-state index < -0.39 is 5.97 Å². The number of rotatable bonds is 5. The van der Waals surface area contributed by atoms with E-state index in [2.05, 4.69) is 39.9 Å². The summed E-state index contributed by atoms with van der Waals surface area (Å²) in [5, 5.41) is 9.18. The molecule has 0 fully saturated rings. The fourth-order valence-electron chi connectivity index (χ4n) is 3.69. The van der Waals surface area contributed by atoms with E-state index in [4.69, 9.17) is 4.74 Å². The Morgan fingerprint density at radius 3 is 2.63 bits per heavy atom.